The SMILES string of the molecule is Cc1cc(N)c(Cl)cc1N1CC(C)OCC1C. The average Bonchev–Trinajstić information content (AvgIpc) is 2.27. The van der Waals surface area contributed by atoms with Crippen LogP contribution in [0.4, 0.5) is 11.4 Å². The van der Waals surface area contributed by atoms with Crippen molar-refractivity contribution in [2.45, 2.75) is 32.9 Å². The van der Waals surface area contributed by atoms with Gasteiger partial charge in [-0.2, -0.15) is 0 Å². The van der Waals surface area contributed by atoms with Crippen molar-refractivity contribution in [1.82, 2.24) is 0 Å². The van der Waals surface area contributed by atoms with E-state index in [0.717, 1.165) is 24.4 Å². The first kappa shape index (κ1) is 12.5. The maximum absolute atomic E-state index is 6.11. The van der Waals surface area contributed by atoms with Crippen molar-refractivity contribution >= 4 is 23.0 Å². The number of anilines is 2. The molecule has 0 radical (unpaired) electrons. The van der Waals surface area contributed by atoms with Crippen LogP contribution < -0.4 is 10.6 Å². The van der Waals surface area contributed by atoms with Gasteiger partial charge in [0, 0.05) is 18.3 Å². The minimum absolute atomic E-state index is 0.252. The third-order valence-electron chi connectivity index (χ3n) is 3.23. The van der Waals surface area contributed by atoms with Crippen LogP contribution in [-0.4, -0.2) is 25.3 Å². The van der Waals surface area contributed by atoms with E-state index < -0.39 is 0 Å². The maximum atomic E-state index is 6.11. The van der Waals surface area contributed by atoms with E-state index in [1.54, 1.807) is 0 Å². The molecule has 1 aliphatic rings. The molecule has 1 aromatic carbocycles. The van der Waals surface area contributed by atoms with E-state index in [2.05, 4.69) is 25.7 Å². The fourth-order valence-electron chi connectivity index (χ4n) is 2.24. The summed E-state index contributed by atoms with van der Waals surface area (Å²) in [5.74, 6) is 0. The molecule has 0 bridgehead atoms. The highest BCUT2D eigenvalue weighted by molar-refractivity contribution is 6.33. The van der Waals surface area contributed by atoms with Crippen LogP contribution in [0.3, 0.4) is 0 Å². The van der Waals surface area contributed by atoms with Crippen LogP contribution in [-0.2, 0) is 4.74 Å². The zero-order chi connectivity index (χ0) is 12.6. The van der Waals surface area contributed by atoms with Gasteiger partial charge < -0.3 is 15.4 Å². The number of nitrogens with two attached hydrogens (primary N) is 1. The Bertz CT molecular complexity index is 422. The third-order valence-corrected chi connectivity index (χ3v) is 3.56. The Kier molecular flexibility index (Phi) is 3.50. The molecule has 1 fully saturated rings. The summed E-state index contributed by atoms with van der Waals surface area (Å²) in [6.07, 6.45) is 0.252. The summed E-state index contributed by atoms with van der Waals surface area (Å²) in [5, 5.41) is 0.622. The predicted octanol–water partition coefficient (Wildman–Crippen LogP) is 2.84. The summed E-state index contributed by atoms with van der Waals surface area (Å²) in [7, 11) is 0. The molecule has 4 heteroatoms. The van der Waals surface area contributed by atoms with E-state index in [4.69, 9.17) is 22.1 Å². The van der Waals surface area contributed by atoms with Crippen LogP contribution >= 0.6 is 11.6 Å². The van der Waals surface area contributed by atoms with Gasteiger partial charge in [0.15, 0.2) is 0 Å². The van der Waals surface area contributed by atoms with Gasteiger partial charge in [-0.25, -0.2) is 0 Å². The van der Waals surface area contributed by atoms with Gasteiger partial charge in [-0.15, -0.1) is 0 Å². The topological polar surface area (TPSA) is 38.5 Å². The Morgan fingerprint density at radius 1 is 1.41 bits per heavy atom. The van der Waals surface area contributed by atoms with E-state index in [1.165, 1.54) is 0 Å². The van der Waals surface area contributed by atoms with Crippen molar-refractivity contribution in [3.63, 3.8) is 0 Å². The molecular formula is C13H19ClN2O. The van der Waals surface area contributed by atoms with Gasteiger partial charge >= 0.3 is 0 Å². The highest BCUT2D eigenvalue weighted by atomic mass is 35.5. The standard InChI is InChI=1S/C13H19ClN2O/c1-8-4-12(15)11(14)5-13(8)16-6-10(3)17-7-9(16)2/h4-5,9-10H,6-7,15H2,1-3H3. The van der Waals surface area contributed by atoms with E-state index in [1.807, 2.05) is 12.1 Å². The van der Waals surface area contributed by atoms with Gasteiger partial charge in [0.1, 0.15) is 0 Å². The fraction of sp³-hybridized carbons (Fsp3) is 0.538. The summed E-state index contributed by atoms with van der Waals surface area (Å²) in [6.45, 7) is 7.96. The van der Waals surface area contributed by atoms with Crippen LogP contribution in [0.2, 0.25) is 5.02 Å². The lowest BCUT2D eigenvalue weighted by molar-refractivity contribution is 0.0343. The van der Waals surface area contributed by atoms with Crippen molar-refractivity contribution in [2.75, 3.05) is 23.8 Å². The maximum Gasteiger partial charge on any atom is 0.0723 e. The van der Waals surface area contributed by atoms with Gasteiger partial charge in [0.25, 0.3) is 0 Å². The Hall–Kier alpha value is -0.930. The highest BCUT2D eigenvalue weighted by Gasteiger charge is 2.25. The molecule has 2 rings (SSSR count). The molecule has 1 heterocycles. The molecule has 2 unspecified atom stereocenters. The lowest BCUT2D eigenvalue weighted by Gasteiger charge is -2.39. The second kappa shape index (κ2) is 4.75. The van der Waals surface area contributed by atoms with Crippen molar-refractivity contribution in [3.05, 3.63) is 22.7 Å². The number of aryl methyl sites for hydroxylation is 1. The summed E-state index contributed by atoms with van der Waals surface area (Å²) < 4.78 is 5.64. The van der Waals surface area contributed by atoms with E-state index in [-0.39, 0.29) is 6.10 Å². The molecule has 1 aliphatic heterocycles. The number of rotatable bonds is 1. The van der Waals surface area contributed by atoms with Crippen LogP contribution in [0.25, 0.3) is 0 Å². The highest BCUT2D eigenvalue weighted by Crippen LogP contribution is 2.31. The quantitative estimate of drug-likeness (QED) is 0.784. The van der Waals surface area contributed by atoms with Crippen LogP contribution in [0.15, 0.2) is 12.1 Å². The number of benzene rings is 1. The molecule has 1 saturated heterocycles. The van der Waals surface area contributed by atoms with Gasteiger partial charge in [-0.3, -0.25) is 0 Å². The second-order valence-corrected chi connectivity index (χ2v) is 5.21. The molecule has 0 aromatic heterocycles. The number of morpholine rings is 1. The number of nitrogen functional groups attached to an aromatic ring is 1. The van der Waals surface area contributed by atoms with Gasteiger partial charge in [0.05, 0.1) is 23.4 Å². The molecule has 0 aliphatic carbocycles. The normalized spacial score (nSPS) is 25.1. The minimum Gasteiger partial charge on any atom is -0.398 e. The fourth-order valence-corrected chi connectivity index (χ4v) is 2.40. The van der Waals surface area contributed by atoms with E-state index in [9.17, 15) is 0 Å². The average molecular weight is 255 g/mol. The summed E-state index contributed by atoms with van der Waals surface area (Å²) in [4.78, 5) is 2.34. The molecule has 2 N–H and O–H groups in total. The summed E-state index contributed by atoms with van der Waals surface area (Å²) >= 11 is 6.11. The van der Waals surface area contributed by atoms with Crippen molar-refractivity contribution in [3.8, 4) is 0 Å². The first-order valence-corrected chi connectivity index (χ1v) is 6.30. The van der Waals surface area contributed by atoms with Crippen LogP contribution in [0.5, 0.6) is 0 Å². The first-order valence-electron chi connectivity index (χ1n) is 5.93. The Morgan fingerprint density at radius 2 is 2.12 bits per heavy atom. The van der Waals surface area contributed by atoms with Crippen LogP contribution in [0, 0.1) is 6.92 Å². The van der Waals surface area contributed by atoms with Crippen molar-refractivity contribution in [1.29, 1.82) is 0 Å². The third kappa shape index (κ3) is 2.50. The van der Waals surface area contributed by atoms with Crippen LogP contribution in [0.1, 0.15) is 19.4 Å². The summed E-state index contributed by atoms with van der Waals surface area (Å²) in [5.41, 5.74) is 8.77. The second-order valence-electron chi connectivity index (χ2n) is 4.81. The lowest BCUT2D eigenvalue weighted by atomic mass is 10.1. The molecule has 17 heavy (non-hydrogen) atoms. The molecule has 0 spiro atoms. The number of ether oxygens (including phenoxy) is 1. The minimum atomic E-state index is 0.252. The monoisotopic (exact) mass is 254 g/mol. The Morgan fingerprint density at radius 3 is 2.82 bits per heavy atom. The van der Waals surface area contributed by atoms with Gasteiger partial charge in [-0.05, 0) is 38.5 Å². The smallest absolute Gasteiger partial charge is 0.0723 e. The molecule has 0 amide bonds. The summed E-state index contributed by atoms with van der Waals surface area (Å²) in [6, 6.07) is 4.26. The Balaban J connectivity index is 2.35. The Labute approximate surface area is 107 Å². The predicted molar refractivity (Wildman–Crippen MR) is 72.8 cm³/mol. The molecule has 2 atom stereocenters. The molecule has 94 valence electrons. The zero-order valence-corrected chi connectivity index (χ0v) is 11.3. The lowest BCUT2D eigenvalue weighted by Crippen LogP contribution is -2.47. The van der Waals surface area contributed by atoms with Crippen molar-refractivity contribution < 1.29 is 4.74 Å². The van der Waals surface area contributed by atoms with Crippen molar-refractivity contribution in [2.24, 2.45) is 0 Å². The number of nitrogens with zero attached hydrogens (tertiary/aromatic N) is 1. The number of hydrogen-bond acceptors (Lipinski definition) is 3. The molecule has 3 nitrogen and oxygen atoms in total. The first-order chi connectivity index (χ1) is 7.99. The number of hydrogen-bond donors (Lipinski definition) is 1. The zero-order valence-electron chi connectivity index (χ0n) is 10.5. The molecule has 1 aromatic rings. The van der Waals surface area contributed by atoms with E-state index >= 15 is 0 Å². The van der Waals surface area contributed by atoms with Gasteiger partial charge in [0.2, 0.25) is 0 Å². The molecular weight excluding hydrogens is 236 g/mol. The van der Waals surface area contributed by atoms with Gasteiger partial charge in [-0.1, -0.05) is 11.6 Å². The molecule has 0 saturated carbocycles. The van der Waals surface area contributed by atoms with E-state index in [0.29, 0.717) is 16.8 Å². The number of halogens is 1. The largest absolute Gasteiger partial charge is 0.398 e.